The standard InChI is InChI=1S/C31H37F3N4O/c32-31(33,34)29-20-28(25-16-17-25)38(35-29)23-30(39)37-19-11-4-2-1-3-10-18-36(21-24-12-6-5-7-13-24)27-15-9-8-14-26(27)22-37/h5-9,12-15,20,25H,1-4,10-11,16-19,21-23H2. The molecule has 1 amide bonds. The molecule has 1 aliphatic heterocycles. The maximum absolute atomic E-state index is 13.7. The number of rotatable bonds is 5. The summed E-state index contributed by atoms with van der Waals surface area (Å²) in [6.45, 7) is 2.55. The monoisotopic (exact) mass is 538 g/mol. The third-order valence-corrected chi connectivity index (χ3v) is 7.75. The van der Waals surface area contributed by atoms with E-state index in [-0.39, 0.29) is 18.4 Å². The van der Waals surface area contributed by atoms with Gasteiger partial charge < -0.3 is 9.80 Å². The Morgan fingerprint density at radius 3 is 2.26 bits per heavy atom. The fourth-order valence-electron chi connectivity index (χ4n) is 5.48. The molecule has 39 heavy (non-hydrogen) atoms. The van der Waals surface area contributed by atoms with Gasteiger partial charge in [-0.05, 0) is 48.9 Å². The highest BCUT2D eigenvalue weighted by molar-refractivity contribution is 5.76. The van der Waals surface area contributed by atoms with Gasteiger partial charge in [-0.25, -0.2) is 0 Å². The molecule has 0 saturated heterocycles. The van der Waals surface area contributed by atoms with Crippen molar-refractivity contribution in [1.29, 1.82) is 0 Å². The summed E-state index contributed by atoms with van der Waals surface area (Å²) in [5, 5.41) is 3.83. The van der Waals surface area contributed by atoms with Crippen molar-refractivity contribution >= 4 is 11.6 Å². The molecular formula is C31H37F3N4O. The Labute approximate surface area is 228 Å². The number of nitrogens with zero attached hydrogens (tertiary/aromatic N) is 4. The highest BCUT2D eigenvalue weighted by Gasteiger charge is 2.38. The summed E-state index contributed by atoms with van der Waals surface area (Å²) in [6.07, 6.45) is 3.62. The fourth-order valence-corrected chi connectivity index (χ4v) is 5.48. The maximum Gasteiger partial charge on any atom is 0.435 e. The van der Waals surface area contributed by atoms with Crippen molar-refractivity contribution in [3.8, 4) is 0 Å². The zero-order valence-corrected chi connectivity index (χ0v) is 22.4. The highest BCUT2D eigenvalue weighted by atomic mass is 19.4. The number of aromatic nitrogens is 2. The first kappa shape index (κ1) is 27.3. The zero-order chi connectivity index (χ0) is 27.2. The smallest absolute Gasteiger partial charge is 0.367 e. The normalized spacial score (nSPS) is 17.6. The number of para-hydroxylation sites is 1. The first-order valence-electron chi connectivity index (χ1n) is 14.2. The first-order valence-corrected chi connectivity index (χ1v) is 14.2. The molecule has 3 aromatic rings. The van der Waals surface area contributed by atoms with Crippen LogP contribution in [0.15, 0.2) is 60.7 Å². The van der Waals surface area contributed by atoms with E-state index >= 15 is 0 Å². The molecule has 1 saturated carbocycles. The minimum atomic E-state index is -4.52. The van der Waals surface area contributed by atoms with Crippen LogP contribution < -0.4 is 4.90 Å². The summed E-state index contributed by atoms with van der Waals surface area (Å²) in [5.41, 5.74) is 3.01. The summed E-state index contributed by atoms with van der Waals surface area (Å²) < 4.78 is 41.6. The molecule has 5 rings (SSSR count). The van der Waals surface area contributed by atoms with Crippen molar-refractivity contribution < 1.29 is 18.0 Å². The highest BCUT2D eigenvalue weighted by Crippen LogP contribution is 2.42. The molecule has 1 aromatic heterocycles. The minimum absolute atomic E-state index is 0.0590. The van der Waals surface area contributed by atoms with Crippen molar-refractivity contribution in [1.82, 2.24) is 14.7 Å². The molecular weight excluding hydrogens is 501 g/mol. The molecule has 8 heteroatoms. The van der Waals surface area contributed by atoms with E-state index in [4.69, 9.17) is 0 Å². The number of hydrogen-bond donors (Lipinski definition) is 0. The number of carbonyl (C=O) groups excluding carboxylic acids is 1. The van der Waals surface area contributed by atoms with E-state index < -0.39 is 11.9 Å². The molecule has 1 aliphatic carbocycles. The van der Waals surface area contributed by atoms with Gasteiger partial charge in [-0.3, -0.25) is 9.48 Å². The molecule has 208 valence electrons. The first-order chi connectivity index (χ1) is 18.9. The van der Waals surface area contributed by atoms with Crippen LogP contribution in [-0.2, 0) is 30.6 Å². The lowest BCUT2D eigenvalue weighted by Gasteiger charge is -2.30. The van der Waals surface area contributed by atoms with Crippen molar-refractivity contribution in [2.24, 2.45) is 0 Å². The Kier molecular flexibility index (Phi) is 8.58. The number of anilines is 1. The van der Waals surface area contributed by atoms with Crippen LogP contribution in [0, 0.1) is 0 Å². The Bertz CT molecular complexity index is 1240. The number of amides is 1. The van der Waals surface area contributed by atoms with Gasteiger partial charge in [0.25, 0.3) is 0 Å². The number of benzene rings is 2. The zero-order valence-electron chi connectivity index (χ0n) is 22.4. The van der Waals surface area contributed by atoms with Crippen LogP contribution in [0.4, 0.5) is 18.9 Å². The van der Waals surface area contributed by atoms with Gasteiger partial charge in [0, 0.05) is 43.5 Å². The van der Waals surface area contributed by atoms with E-state index in [1.165, 1.54) is 16.7 Å². The van der Waals surface area contributed by atoms with Crippen molar-refractivity contribution in [3.63, 3.8) is 0 Å². The molecule has 0 spiro atoms. The van der Waals surface area contributed by atoms with Crippen LogP contribution >= 0.6 is 0 Å². The second kappa shape index (κ2) is 12.3. The average Bonchev–Trinajstić information content (AvgIpc) is 3.67. The molecule has 5 nitrogen and oxygen atoms in total. The van der Waals surface area contributed by atoms with E-state index in [0.717, 1.165) is 75.4 Å². The SMILES string of the molecule is O=C(Cn1nc(C(F)(F)F)cc1C1CC1)N1CCCCCCCCN(Cc2ccccc2)c2ccccc2C1. The lowest BCUT2D eigenvalue weighted by atomic mass is 10.1. The maximum atomic E-state index is 13.7. The summed E-state index contributed by atoms with van der Waals surface area (Å²) in [7, 11) is 0. The second-order valence-electron chi connectivity index (χ2n) is 10.9. The minimum Gasteiger partial charge on any atom is -0.367 e. The molecule has 0 radical (unpaired) electrons. The van der Waals surface area contributed by atoms with Gasteiger partial charge in [0.2, 0.25) is 5.91 Å². The quantitative estimate of drug-likeness (QED) is 0.346. The summed E-state index contributed by atoms with van der Waals surface area (Å²) >= 11 is 0. The van der Waals surface area contributed by atoms with Crippen LogP contribution in [-0.4, -0.2) is 33.7 Å². The summed E-state index contributed by atoms with van der Waals surface area (Å²) in [4.78, 5) is 17.9. The molecule has 0 unspecified atom stereocenters. The fraction of sp³-hybridized carbons (Fsp3) is 0.484. The topological polar surface area (TPSA) is 41.4 Å². The predicted octanol–water partition coefficient (Wildman–Crippen LogP) is 7.17. The Balaban J connectivity index is 1.41. The Morgan fingerprint density at radius 2 is 1.54 bits per heavy atom. The van der Waals surface area contributed by atoms with Gasteiger partial charge in [-0.15, -0.1) is 0 Å². The number of alkyl halides is 3. The molecule has 2 aromatic carbocycles. The third-order valence-electron chi connectivity index (χ3n) is 7.75. The number of carbonyl (C=O) groups is 1. The van der Waals surface area contributed by atoms with Crippen molar-refractivity contribution in [2.45, 2.75) is 83.1 Å². The molecule has 2 aliphatic rings. The van der Waals surface area contributed by atoms with Gasteiger partial charge in [-0.1, -0.05) is 74.2 Å². The molecule has 0 bridgehead atoms. The van der Waals surface area contributed by atoms with E-state index in [1.807, 2.05) is 23.1 Å². The number of fused-ring (bicyclic) bond motifs is 1. The van der Waals surface area contributed by atoms with E-state index in [1.54, 1.807) is 0 Å². The Morgan fingerprint density at radius 1 is 0.872 bits per heavy atom. The second-order valence-corrected chi connectivity index (χ2v) is 10.9. The lowest BCUT2D eigenvalue weighted by molar-refractivity contribution is -0.142. The van der Waals surface area contributed by atoms with Gasteiger partial charge in [-0.2, -0.15) is 18.3 Å². The van der Waals surface area contributed by atoms with Gasteiger partial charge in [0.15, 0.2) is 5.69 Å². The Hall–Kier alpha value is -3.29. The van der Waals surface area contributed by atoms with Crippen LogP contribution in [0.25, 0.3) is 0 Å². The molecule has 0 N–H and O–H groups in total. The van der Waals surface area contributed by atoms with E-state index in [9.17, 15) is 18.0 Å². The van der Waals surface area contributed by atoms with Crippen molar-refractivity contribution in [2.75, 3.05) is 18.0 Å². The van der Waals surface area contributed by atoms with Gasteiger partial charge >= 0.3 is 6.18 Å². The number of halogens is 3. The predicted molar refractivity (Wildman–Crippen MR) is 146 cm³/mol. The lowest BCUT2D eigenvalue weighted by Crippen LogP contribution is -2.35. The van der Waals surface area contributed by atoms with Gasteiger partial charge in [0.05, 0.1) is 0 Å². The summed E-state index contributed by atoms with van der Waals surface area (Å²) in [6, 6.07) is 19.7. The van der Waals surface area contributed by atoms with Crippen LogP contribution in [0.5, 0.6) is 0 Å². The largest absolute Gasteiger partial charge is 0.435 e. The van der Waals surface area contributed by atoms with Gasteiger partial charge in [0.1, 0.15) is 6.54 Å². The number of hydrogen-bond acceptors (Lipinski definition) is 3. The van der Waals surface area contributed by atoms with Crippen LogP contribution in [0.1, 0.15) is 79.8 Å². The third kappa shape index (κ3) is 7.22. The molecule has 0 atom stereocenters. The van der Waals surface area contributed by atoms with E-state index in [0.29, 0.717) is 18.8 Å². The molecule has 2 heterocycles. The summed E-state index contributed by atoms with van der Waals surface area (Å²) in [5.74, 6) is -0.128. The van der Waals surface area contributed by atoms with Crippen molar-refractivity contribution in [3.05, 3.63) is 83.2 Å². The van der Waals surface area contributed by atoms with E-state index in [2.05, 4.69) is 46.4 Å². The molecule has 1 fully saturated rings. The van der Waals surface area contributed by atoms with Crippen LogP contribution in [0.2, 0.25) is 0 Å². The average molecular weight is 539 g/mol. The van der Waals surface area contributed by atoms with Crippen LogP contribution in [0.3, 0.4) is 0 Å².